The Morgan fingerprint density at radius 1 is 1.16 bits per heavy atom. The summed E-state index contributed by atoms with van der Waals surface area (Å²) in [5.74, 6) is 0.832. The predicted molar refractivity (Wildman–Crippen MR) is 99.2 cm³/mol. The molecular formula is C20H32N3O2+. The molecule has 3 amide bonds. The zero-order valence-electron chi connectivity index (χ0n) is 16.1. The van der Waals surface area contributed by atoms with Crippen molar-refractivity contribution in [2.24, 2.45) is 5.92 Å². The Hall–Kier alpha value is -1.88. The first-order valence-corrected chi connectivity index (χ1v) is 9.39. The van der Waals surface area contributed by atoms with E-state index in [4.69, 9.17) is 0 Å². The van der Waals surface area contributed by atoms with Crippen molar-refractivity contribution in [3.05, 3.63) is 35.4 Å². The van der Waals surface area contributed by atoms with Crippen molar-refractivity contribution >= 4 is 11.9 Å². The van der Waals surface area contributed by atoms with Crippen LogP contribution in [0.25, 0.3) is 0 Å². The van der Waals surface area contributed by atoms with E-state index in [1.165, 1.54) is 16.0 Å². The van der Waals surface area contributed by atoms with E-state index in [0.29, 0.717) is 24.9 Å². The molecule has 1 fully saturated rings. The fraction of sp³-hybridized carbons (Fsp3) is 0.600. The van der Waals surface area contributed by atoms with Gasteiger partial charge in [0.15, 0.2) is 6.04 Å². The lowest BCUT2D eigenvalue weighted by molar-refractivity contribution is -0.719. The van der Waals surface area contributed by atoms with Gasteiger partial charge in [-0.1, -0.05) is 52.0 Å². The fourth-order valence-electron chi connectivity index (χ4n) is 3.32. The van der Waals surface area contributed by atoms with Gasteiger partial charge in [0.25, 0.3) is 5.91 Å². The number of nitrogens with zero attached hydrogens (tertiary/aromatic N) is 1. The zero-order chi connectivity index (χ0) is 18.6. The quantitative estimate of drug-likeness (QED) is 0.796. The van der Waals surface area contributed by atoms with E-state index >= 15 is 0 Å². The number of hydrogen-bond acceptors (Lipinski definition) is 2. The van der Waals surface area contributed by atoms with Crippen LogP contribution in [0, 0.1) is 5.92 Å². The van der Waals surface area contributed by atoms with E-state index in [0.717, 1.165) is 6.42 Å². The van der Waals surface area contributed by atoms with Gasteiger partial charge in [0.1, 0.15) is 6.04 Å². The van der Waals surface area contributed by atoms with Gasteiger partial charge in [-0.15, -0.1) is 0 Å². The molecule has 0 aromatic heterocycles. The third-order valence-corrected chi connectivity index (χ3v) is 5.23. The average Bonchev–Trinajstić information content (AvgIpc) is 3.03. The van der Waals surface area contributed by atoms with Crippen molar-refractivity contribution in [3.63, 3.8) is 0 Å². The maximum absolute atomic E-state index is 12.6. The second-order valence-corrected chi connectivity index (χ2v) is 7.45. The average molecular weight is 346 g/mol. The Morgan fingerprint density at radius 2 is 1.76 bits per heavy atom. The molecule has 2 rings (SSSR count). The van der Waals surface area contributed by atoms with Crippen LogP contribution in [0.2, 0.25) is 0 Å². The van der Waals surface area contributed by atoms with Crippen LogP contribution in [-0.2, 0) is 4.79 Å². The highest BCUT2D eigenvalue weighted by Gasteiger charge is 2.34. The van der Waals surface area contributed by atoms with Gasteiger partial charge in [-0.2, -0.15) is 0 Å². The van der Waals surface area contributed by atoms with Gasteiger partial charge in [0.05, 0.1) is 0 Å². The van der Waals surface area contributed by atoms with Crippen molar-refractivity contribution in [2.75, 3.05) is 13.1 Å². The van der Waals surface area contributed by atoms with Crippen LogP contribution in [-0.4, -0.2) is 36.0 Å². The van der Waals surface area contributed by atoms with Crippen LogP contribution in [0.15, 0.2) is 24.3 Å². The number of carbonyl (C=O) groups is 2. The number of hydrogen-bond donors (Lipinski definition) is 2. The number of urea groups is 1. The van der Waals surface area contributed by atoms with Crippen molar-refractivity contribution in [3.8, 4) is 0 Å². The number of nitrogens with two attached hydrogens (primary N) is 1. The van der Waals surface area contributed by atoms with Crippen molar-refractivity contribution in [2.45, 2.75) is 59.0 Å². The van der Waals surface area contributed by atoms with Gasteiger partial charge in [0.2, 0.25) is 0 Å². The third-order valence-electron chi connectivity index (χ3n) is 5.23. The Labute approximate surface area is 151 Å². The fourth-order valence-corrected chi connectivity index (χ4v) is 3.32. The molecule has 5 heteroatoms. The first kappa shape index (κ1) is 19.4. The Bertz CT molecular complexity index is 597. The lowest BCUT2D eigenvalue weighted by atomic mass is 9.91. The molecule has 25 heavy (non-hydrogen) atoms. The maximum atomic E-state index is 12.6. The lowest BCUT2D eigenvalue weighted by Gasteiger charge is -2.25. The summed E-state index contributed by atoms with van der Waals surface area (Å²) in [5.41, 5.74) is 2.58. The Morgan fingerprint density at radius 3 is 2.24 bits per heavy atom. The highest BCUT2D eigenvalue weighted by Crippen LogP contribution is 2.23. The molecule has 1 aliphatic heterocycles. The highest BCUT2D eigenvalue weighted by atomic mass is 16.2. The van der Waals surface area contributed by atoms with E-state index in [9.17, 15) is 9.59 Å². The molecule has 0 unspecified atom stereocenters. The second kappa shape index (κ2) is 8.48. The SMILES string of the molecule is CC[C@H](C)c1ccc([C@@H]([NH2+][C@@H](C)C(=O)N2CCNC2=O)C(C)C)cc1. The van der Waals surface area contributed by atoms with Crippen molar-refractivity contribution < 1.29 is 14.9 Å². The van der Waals surface area contributed by atoms with Crippen molar-refractivity contribution in [1.82, 2.24) is 10.2 Å². The third kappa shape index (κ3) is 4.60. The molecule has 5 nitrogen and oxygen atoms in total. The standard InChI is InChI=1S/C20H31N3O2/c1-6-14(4)16-7-9-17(10-8-16)18(13(2)3)22-15(5)19(24)23-12-11-21-20(23)25/h7-10,13-15,18,22H,6,11-12H2,1-5H3,(H,21,25)/p+1/t14-,15-,18-/m0/s1. The monoisotopic (exact) mass is 346 g/mol. The molecule has 1 heterocycles. The van der Waals surface area contributed by atoms with Gasteiger partial charge in [-0.3, -0.25) is 9.69 Å². The number of imide groups is 1. The molecule has 0 aliphatic carbocycles. The molecule has 1 aromatic carbocycles. The smallest absolute Gasteiger partial charge is 0.324 e. The molecule has 3 atom stereocenters. The van der Waals surface area contributed by atoms with E-state index in [1.807, 2.05) is 6.92 Å². The minimum absolute atomic E-state index is 0.114. The molecule has 1 aromatic rings. The minimum Gasteiger partial charge on any atom is -0.336 e. The summed E-state index contributed by atoms with van der Waals surface area (Å²) in [5, 5.41) is 4.78. The summed E-state index contributed by atoms with van der Waals surface area (Å²) in [4.78, 5) is 25.6. The van der Waals surface area contributed by atoms with Gasteiger partial charge in [-0.05, 0) is 24.8 Å². The number of carbonyl (C=O) groups excluding carboxylic acids is 2. The number of nitrogens with one attached hydrogen (secondary N) is 1. The van der Waals surface area contributed by atoms with Gasteiger partial charge >= 0.3 is 6.03 Å². The highest BCUT2D eigenvalue weighted by molar-refractivity contribution is 5.97. The van der Waals surface area contributed by atoms with Crippen LogP contribution in [0.1, 0.15) is 64.1 Å². The summed E-state index contributed by atoms with van der Waals surface area (Å²) >= 11 is 0. The molecule has 138 valence electrons. The lowest BCUT2D eigenvalue weighted by Crippen LogP contribution is -2.93. The molecule has 1 saturated heterocycles. The second-order valence-electron chi connectivity index (χ2n) is 7.45. The summed E-state index contributed by atoms with van der Waals surface area (Å²) in [6.07, 6.45) is 1.13. The topological polar surface area (TPSA) is 66.0 Å². The number of rotatable bonds is 7. The number of amides is 3. The molecule has 0 saturated carbocycles. The first-order valence-electron chi connectivity index (χ1n) is 9.39. The van der Waals surface area contributed by atoms with E-state index in [2.05, 4.69) is 62.6 Å². The largest absolute Gasteiger partial charge is 0.336 e. The van der Waals surface area contributed by atoms with Crippen molar-refractivity contribution in [1.29, 1.82) is 0 Å². The van der Waals surface area contributed by atoms with E-state index < -0.39 is 0 Å². The van der Waals surface area contributed by atoms with Crippen LogP contribution in [0.5, 0.6) is 0 Å². The molecule has 1 aliphatic rings. The first-order chi connectivity index (χ1) is 11.8. The van der Waals surface area contributed by atoms with E-state index in [1.54, 1.807) is 0 Å². The molecule has 0 spiro atoms. The van der Waals surface area contributed by atoms with Crippen LogP contribution in [0.4, 0.5) is 4.79 Å². The predicted octanol–water partition coefficient (Wildman–Crippen LogP) is 2.40. The molecule has 3 N–H and O–H groups in total. The van der Waals surface area contributed by atoms with Crippen LogP contribution < -0.4 is 10.6 Å². The number of quaternary nitrogens is 1. The summed E-state index contributed by atoms with van der Waals surface area (Å²) < 4.78 is 0. The Kier molecular flexibility index (Phi) is 6.59. The van der Waals surface area contributed by atoms with Crippen LogP contribution in [0.3, 0.4) is 0 Å². The zero-order valence-corrected chi connectivity index (χ0v) is 16.1. The maximum Gasteiger partial charge on any atom is 0.324 e. The van der Waals surface area contributed by atoms with Crippen LogP contribution >= 0.6 is 0 Å². The minimum atomic E-state index is -0.287. The normalized spacial score (nSPS) is 18.2. The van der Waals surface area contributed by atoms with Gasteiger partial charge in [-0.25, -0.2) is 4.79 Å². The molecule has 0 radical (unpaired) electrons. The summed E-state index contributed by atoms with van der Waals surface area (Å²) in [6, 6.07) is 8.40. The van der Waals surface area contributed by atoms with Gasteiger partial charge < -0.3 is 10.6 Å². The summed E-state index contributed by atoms with van der Waals surface area (Å²) in [6.45, 7) is 11.7. The van der Waals surface area contributed by atoms with Gasteiger partial charge in [0, 0.05) is 24.6 Å². The Balaban J connectivity index is 2.10. The molecule has 0 bridgehead atoms. The summed E-state index contributed by atoms with van der Waals surface area (Å²) in [7, 11) is 0. The number of benzene rings is 1. The molecular weight excluding hydrogens is 314 g/mol. The van der Waals surface area contributed by atoms with E-state index in [-0.39, 0.29) is 24.0 Å².